The first kappa shape index (κ1) is 13.0. The van der Waals surface area contributed by atoms with Crippen molar-refractivity contribution >= 4 is 5.91 Å². The molecule has 2 heterocycles. The number of carbonyl (C=O) groups is 1. The maximum atomic E-state index is 12.3. The summed E-state index contributed by atoms with van der Waals surface area (Å²) in [7, 11) is 0. The van der Waals surface area contributed by atoms with Gasteiger partial charge in [0.15, 0.2) is 0 Å². The van der Waals surface area contributed by atoms with E-state index in [1.54, 1.807) is 12.4 Å². The summed E-state index contributed by atoms with van der Waals surface area (Å²) in [6, 6.07) is 3.98. The Labute approximate surface area is 108 Å². The van der Waals surface area contributed by atoms with Crippen LogP contribution in [-0.4, -0.2) is 40.1 Å². The molecule has 1 amide bonds. The van der Waals surface area contributed by atoms with Crippen molar-refractivity contribution < 1.29 is 9.90 Å². The van der Waals surface area contributed by atoms with Crippen molar-refractivity contribution in [3.8, 4) is 0 Å². The van der Waals surface area contributed by atoms with Crippen LogP contribution in [0.2, 0.25) is 0 Å². The number of pyridine rings is 1. The minimum atomic E-state index is 0.156. The lowest BCUT2D eigenvalue weighted by Gasteiger charge is -2.35. The molecule has 0 aliphatic carbocycles. The molecule has 18 heavy (non-hydrogen) atoms. The monoisotopic (exact) mass is 248 g/mol. The lowest BCUT2D eigenvalue weighted by Crippen LogP contribution is -2.44. The Kier molecular flexibility index (Phi) is 4.70. The second-order valence-corrected chi connectivity index (χ2v) is 4.78. The van der Waals surface area contributed by atoms with Crippen LogP contribution in [0.1, 0.15) is 31.2 Å². The fourth-order valence-corrected chi connectivity index (χ4v) is 2.55. The number of hydrogen-bond acceptors (Lipinski definition) is 3. The van der Waals surface area contributed by atoms with Crippen LogP contribution in [0.3, 0.4) is 0 Å². The lowest BCUT2D eigenvalue weighted by atomic mass is 9.98. The number of likely N-dealkylation sites (tertiary alicyclic amines) is 1. The second-order valence-electron chi connectivity index (χ2n) is 4.78. The third kappa shape index (κ3) is 3.29. The number of amides is 1. The summed E-state index contributed by atoms with van der Waals surface area (Å²) in [4.78, 5) is 18.2. The molecule has 0 aromatic carbocycles. The number of aliphatic hydroxyl groups is 1. The maximum Gasteiger partial charge on any atom is 0.227 e. The van der Waals surface area contributed by atoms with E-state index in [1.165, 1.54) is 0 Å². The summed E-state index contributed by atoms with van der Waals surface area (Å²) >= 11 is 0. The van der Waals surface area contributed by atoms with Gasteiger partial charge >= 0.3 is 0 Å². The number of hydrogen-bond donors (Lipinski definition) is 1. The minimum absolute atomic E-state index is 0.156. The lowest BCUT2D eigenvalue weighted by molar-refractivity contribution is -0.134. The summed E-state index contributed by atoms with van der Waals surface area (Å²) in [5.74, 6) is 0.166. The Morgan fingerprint density at radius 2 is 2.17 bits per heavy atom. The largest absolute Gasteiger partial charge is 0.396 e. The molecule has 98 valence electrons. The van der Waals surface area contributed by atoms with E-state index in [-0.39, 0.29) is 18.6 Å². The van der Waals surface area contributed by atoms with Crippen molar-refractivity contribution in [2.24, 2.45) is 0 Å². The Hall–Kier alpha value is -1.42. The van der Waals surface area contributed by atoms with Gasteiger partial charge in [-0.3, -0.25) is 9.78 Å². The molecule has 0 saturated carbocycles. The zero-order valence-corrected chi connectivity index (χ0v) is 10.6. The van der Waals surface area contributed by atoms with Crippen molar-refractivity contribution in [3.05, 3.63) is 30.1 Å². The van der Waals surface area contributed by atoms with Crippen LogP contribution in [0.25, 0.3) is 0 Å². The highest BCUT2D eigenvalue weighted by molar-refractivity contribution is 5.79. The molecule has 1 saturated heterocycles. The predicted molar refractivity (Wildman–Crippen MR) is 69.0 cm³/mol. The van der Waals surface area contributed by atoms with Crippen LogP contribution in [0.15, 0.2) is 24.5 Å². The van der Waals surface area contributed by atoms with Crippen LogP contribution in [0, 0.1) is 0 Å². The van der Waals surface area contributed by atoms with Crippen LogP contribution in [0.5, 0.6) is 0 Å². The third-order valence-electron chi connectivity index (χ3n) is 3.51. The molecule has 1 aromatic heterocycles. The van der Waals surface area contributed by atoms with Crippen LogP contribution >= 0.6 is 0 Å². The fourth-order valence-electron chi connectivity index (χ4n) is 2.55. The molecule has 1 aliphatic heterocycles. The highest BCUT2D eigenvalue weighted by Gasteiger charge is 2.25. The summed E-state index contributed by atoms with van der Waals surface area (Å²) in [6.07, 6.45) is 7.80. The van der Waals surface area contributed by atoms with E-state index in [1.807, 2.05) is 17.0 Å². The minimum Gasteiger partial charge on any atom is -0.396 e. The molecule has 1 aliphatic rings. The van der Waals surface area contributed by atoms with E-state index < -0.39 is 0 Å². The number of rotatable bonds is 4. The quantitative estimate of drug-likeness (QED) is 0.876. The highest BCUT2D eigenvalue weighted by Crippen LogP contribution is 2.20. The second kappa shape index (κ2) is 6.50. The molecule has 1 unspecified atom stereocenters. The summed E-state index contributed by atoms with van der Waals surface area (Å²) in [5.41, 5.74) is 1.00. The van der Waals surface area contributed by atoms with Gasteiger partial charge in [0, 0.05) is 31.6 Å². The van der Waals surface area contributed by atoms with E-state index in [9.17, 15) is 4.79 Å². The first-order valence-electron chi connectivity index (χ1n) is 6.60. The van der Waals surface area contributed by atoms with E-state index in [0.29, 0.717) is 12.8 Å². The van der Waals surface area contributed by atoms with E-state index >= 15 is 0 Å². The smallest absolute Gasteiger partial charge is 0.227 e. The average molecular weight is 248 g/mol. The number of aromatic nitrogens is 1. The van der Waals surface area contributed by atoms with Gasteiger partial charge in [0.25, 0.3) is 0 Å². The normalized spacial score (nSPS) is 19.8. The Morgan fingerprint density at radius 3 is 2.89 bits per heavy atom. The molecule has 0 bridgehead atoms. The molecular formula is C14H20N2O2. The van der Waals surface area contributed by atoms with Gasteiger partial charge < -0.3 is 10.0 Å². The molecule has 4 heteroatoms. The molecule has 0 radical (unpaired) electrons. The zero-order valence-electron chi connectivity index (χ0n) is 10.6. The van der Waals surface area contributed by atoms with Crippen molar-refractivity contribution in [1.29, 1.82) is 0 Å². The van der Waals surface area contributed by atoms with E-state index in [2.05, 4.69) is 4.98 Å². The van der Waals surface area contributed by atoms with Crippen LogP contribution < -0.4 is 0 Å². The van der Waals surface area contributed by atoms with Gasteiger partial charge in [-0.05, 0) is 43.4 Å². The summed E-state index contributed by atoms with van der Waals surface area (Å²) < 4.78 is 0. The van der Waals surface area contributed by atoms with Gasteiger partial charge in [-0.15, -0.1) is 0 Å². The third-order valence-corrected chi connectivity index (χ3v) is 3.51. The predicted octanol–water partition coefficient (Wildman–Crippen LogP) is 1.39. The molecule has 1 aromatic rings. The topological polar surface area (TPSA) is 53.4 Å². The summed E-state index contributed by atoms with van der Waals surface area (Å²) in [5, 5.41) is 9.06. The van der Waals surface area contributed by atoms with Gasteiger partial charge in [0.1, 0.15) is 0 Å². The number of aliphatic hydroxyl groups excluding tert-OH is 1. The van der Waals surface area contributed by atoms with Crippen molar-refractivity contribution in [1.82, 2.24) is 9.88 Å². The van der Waals surface area contributed by atoms with Crippen LogP contribution in [0.4, 0.5) is 0 Å². The van der Waals surface area contributed by atoms with E-state index in [0.717, 1.165) is 31.4 Å². The number of carbonyl (C=O) groups excluding carboxylic acids is 1. The zero-order chi connectivity index (χ0) is 12.8. The standard InChI is InChI=1S/C14H20N2O2/c17-10-6-13-3-1-2-9-16(13)14(18)11-12-4-7-15-8-5-12/h4-5,7-8,13,17H,1-3,6,9-11H2. The Morgan fingerprint density at radius 1 is 1.39 bits per heavy atom. The van der Waals surface area contributed by atoms with Crippen molar-refractivity contribution in [2.75, 3.05) is 13.2 Å². The average Bonchev–Trinajstić information content (AvgIpc) is 2.41. The Balaban J connectivity index is 1.98. The van der Waals surface area contributed by atoms with Gasteiger partial charge in [-0.2, -0.15) is 0 Å². The van der Waals surface area contributed by atoms with E-state index in [4.69, 9.17) is 5.11 Å². The van der Waals surface area contributed by atoms with Gasteiger partial charge in [-0.1, -0.05) is 0 Å². The number of nitrogens with zero attached hydrogens (tertiary/aromatic N) is 2. The maximum absolute atomic E-state index is 12.3. The van der Waals surface area contributed by atoms with Crippen molar-refractivity contribution in [3.63, 3.8) is 0 Å². The molecule has 1 N–H and O–H groups in total. The molecule has 4 nitrogen and oxygen atoms in total. The molecule has 1 fully saturated rings. The molecule has 1 atom stereocenters. The van der Waals surface area contributed by atoms with Gasteiger partial charge in [0.05, 0.1) is 6.42 Å². The molecule has 0 spiro atoms. The van der Waals surface area contributed by atoms with Gasteiger partial charge in [-0.25, -0.2) is 0 Å². The molecule has 2 rings (SSSR count). The number of piperidine rings is 1. The SMILES string of the molecule is O=C(Cc1ccncc1)N1CCCCC1CCO. The van der Waals surface area contributed by atoms with Crippen LogP contribution in [-0.2, 0) is 11.2 Å². The Bertz CT molecular complexity index is 379. The van der Waals surface area contributed by atoms with Crippen molar-refractivity contribution in [2.45, 2.75) is 38.1 Å². The first-order chi connectivity index (χ1) is 8.81. The van der Waals surface area contributed by atoms with Gasteiger partial charge in [0.2, 0.25) is 5.91 Å². The highest BCUT2D eigenvalue weighted by atomic mass is 16.3. The summed E-state index contributed by atoms with van der Waals surface area (Å²) in [6.45, 7) is 0.984. The first-order valence-corrected chi connectivity index (χ1v) is 6.60. The molecular weight excluding hydrogens is 228 g/mol. The fraction of sp³-hybridized carbons (Fsp3) is 0.571.